The lowest BCUT2D eigenvalue weighted by molar-refractivity contribution is 0.194. The topological polar surface area (TPSA) is 35.2 Å². The summed E-state index contributed by atoms with van der Waals surface area (Å²) < 4.78 is 5.41. The molecule has 17 heavy (non-hydrogen) atoms. The summed E-state index contributed by atoms with van der Waals surface area (Å²) in [5.74, 6) is 0.952. The molecule has 2 nitrogen and oxygen atoms in total. The van der Waals surface area contributed by atoms with E-state index in [1.54, 1.807) is 0 Å². The molecule has 0 amide bonds. The lowest BCUT2D eigenvalue weighted by Crippen LogP contribution is -2.05. The summed E-state index contributed by atoms with van der Waals surface area (Å²) in [5.41, 5.74) is 8.09. The molecule has 1 saturated heterocycles. The summed E-state index contributed by atoms with van der Waals surface area (Å²) in [6.45, 7) is 4.57. The average molecular weight is 254 g/mol. The maximum atomic E-state index is 6.37. The van der Waals surface area contributed by atoms with Crippen LogP contribution in [0.4, 0.5) is 0 Å². The maximum absolute atomic E-state index is 6.37. The van der Waals surface area contributed by atoms with Gasteiger partial charge in [0.25, 0.3) is 0 Å². The lowest BCUT2D eigenvalue weighted by Gasteiger charge is -2.15. The highest BCUT2D eigenvalue weighted by molar-refractivity contribution is 6.31. The van der Waals surface area contributed by atoms with Crippen LogP contribution in [0.5, 0.6) is 0 Å². The van der Waals surface area contributed by atoms with Crippen LogP contribution in [0.15, 0.2) is 18.2 Å². The molecule has 1 aromatic carbocycles. The highest BCUT2D eigenvalue weighted by Crippen LogP contribution is 2.33. The zero-order valence-corrected chi connectivity index (χ0v) is 11.0. The van der Waals surface area contributed by atoms with Gasteiger partial charge in [0.1, 0.15) is 0 Å². The Kier molecular flexibility index (Phi) is 4.43. The van der Waals surface area contributed by atoms with E-state index < -0.39 is 0 Å². The van der Waals surface area contributed by atoms with Gasteiger partial charge >= 0.3 is 0 Å². The summed E-state index contributed by atoms with van der Waals surface area (Å²) in [7, 11) is 0. The Labute approximate surface area is 108 Å². The number of benzene rings is 1. The molecule has 0 aromatic heterocycles. The first-order valence-corrected chi connectivity index (χ1v) is 6.67. The Morgan fingerprint density at radius 2 is 2.35 bits per heavy atom. The van der Waals surface area contributed by atoms with E-state index in [-0.39, 0.29) is 0 Å². The molecule has 0 radical (unpaired) electrons. The molecular formula is C14H20ClNO. The SMILES string of the molecule is CC(CCN)c1ccc(C2CCOC2)c(Cl)c1. The second-order valence-electron chi connectivity index (χ2n) is 4.82. The van der Waals surface area contributed by atoms with Gasteiger partial charge in [-0.3, -0.25) is 0 Å². The number of halogens is 1. The quantitative estimate of drug-likeness (QED) is 0.894. The zero-order valence-electron chi connectivity index (χ0n) is 10.3. The van der Waals surface area contributed by atoms with Gasteiger partial charge in [0, 0.05) is 17.5 Å². The van der Waals surface area contributed by atoms with Crippen LogP contribution in [-0.4, -0.2) is 19.8 Å². The van der Waals surface area contributed by atoms with Crippen molar-refractivity contribution < 1.29 is 4.74 Å². The lowest BCUT2D eigenvalue weighted by atomic mass is 9.92. The maximum Gasteiger partial charge on any atom is 0.0536 e. The van der Waals surface area contributed by atoms with Crippen LogP contribution in [0.3, 0.4) is 0 Å². The fourth-order valence-electron chi connectivity index (χ4n) is 2.38. The van der Waals surface area contributed by atoms with E-state index in [1.165, 1.54) is 11.1 Å². The zero-order chi connectivity index (χ0) is 12.3. The fraction of sp³-hybridized carbons (Fsp3) is 0.571. The van der Waals surface area contributed by atoms with Crippen molar-refractivity contribution in [2.45, 2.75) is 31.6 Å². The molecule has 1 aliphatic rings. The standard InChI is InChI=1S/C14H20ClNO/c1-10(4-6-16)11-2-3-13(14(15)8-11)12-5-7-17-9-12/h2-3,8,10,12H,4-7,9,16H2,1H3. The van der Waals surface area contributed by atoms with Crippen LogP contribution < -0.4 is 5.73 Å². The predicted molar refractivity (Wildman–Crippen MR) is 71.7 cm³/mol. The molecule has 0 saturated carbocycles. The van der Waals surface area contributed by atoms with Crippen molar-refractivity contribution in [2.75, 3.05) is 19.8 Å². The van der Waals surface area contributed by atoms with E-state index in [2.05, 4.69) is 25.1 Å². The minimum absolute atomic E-state index is 0.473. The van der Waals surface area contributed by atoms with Crippen LogP contribution >= 0.6 is 11.6 Å². The van der Waals surface area contributed by atoms with Crippen LogP contribution in [0.2, 0.25) is 5.02 Å². The normalized spacial score (nSPS) is 21.7. The van der Waals surface area contributed by atoms with Crippen LogP contribution in [0.1, 0.15) is 42.7 Å². The molecule has 2 rings (SSSR count). The predicted octanol–water partition coefficient (Wildman–Crippen LogP) is 3.30. The van der Waals surface area contributed by atoms with Gasteiger partial charge in [-0.25, -0.2) is 0 Å². The largest absolute Gasteiger partial charge is 0.381 e. The molecule has 94 valence electrons. The van der Waals surface area contributed by atoms with Crippen molar-refractivity contribution in [3.05, 3.63) is 34.3 Å². The van der Waals surface area contributed by atoms with Crippen LogP contribution in [0, 0.1) is 0 Å². The third-order valence-electron chi connectivity index (χ3n) is 3.56. The van der Waals surface area contributed by atoms with Crippen molar-refractivity contribution in [3.63, 3.8) is 0 Å². The van der Waals surface area contributed by atoms with Crippen LogP contribution in [-0.2, 0) is 4.74 Å². The molecular weight excluding hydrogens is 234 g/mol. The summed E-state index contributed by atoms with van der Waals surface area (Å²) in [6, 6.07) is 6.43. The van der Waals surface area contributed by atoms with Gasteiger partial charge in [-0.2, -0.15) is 0 Å². The van der Waals surface area contributed by atoms with Crippen molar-refractivity contribution in [2.24, 2.45) is 5.73 Å². The van der Waals surface area contributed by atoms with E-state index in [9.17, 15) is 0 Å². The summed E-state index contributed by atoms with van der Waals surface area (Å²) in [6.07, 6.45) is 2.08. The first-order chi connectivity index (χ1) is 8.22. The highest BCUT2D eigenvalue weighted by atomic mass is 35.5. The van der Waals surface area contributed by atoms with E-state index in [0.29, 0.717) is 11.8 Å². The van der Waals surface area contributed by atoms with E-state index in [4.69, 9.17) is 22.1 Å². The Bertz CT molecular complexity index is 374. The Morgan fingerprint density at radius 3 is 2.94 bits per heavy atom. The van der Waals surface area contributed by atoms with Gasteiger partial charge in [-0.05, 0) is 42.5 Å². The average Bonchev–Trinajstić information content (AvgIpc) is 2.82. The Hall–Kier alpha value is -0.570. The molecule has 0 spiro atoms. The minimum Gasteiger partial charge on any atom is -0.381 e. The van der Waals surface area contributed by atoms with Crippen LogP contribution in [0.25, 0.3) is 0 Å². The smallest absolute Gasteiger partial charge is 0.0536 e. The van der Waals surface area contributed by atoms with Crippen molar-refractivity contribution in [1.29, 1.82) is 0 Å². The van der Waals surface area contributed by atoms with Crippen molar-refractivity contribution in [3.8, 4) is 0 Å². The molecule has 1 aliphatic heterocycles. The molecule has 1 heterocycles. The van der Waals surface area contributed by atoms with E-state index >= 15 is 0 Å². The number of ether oxygens (including phenoxy) is 1. The van der Waals surface area contributed by atoms with E-state index in [1.807, 2.05) is 0 Å². The van der Waals surface area contributed by atoms with Gasteiger partial charge in [-0.1, -0.05) is 30.7 Å². The molecule has 0 aliphatic carbocycles. The molecule has 3 heteroatoms. The third-order valence-corrected chi connectivity index (χ3v) is 3.89. The first-order valence-electron chi connectivity index (χ1n) is 6.29. The second kappa shape index (κ2) is 5.85. The molecule has 1 aromatic rings. The Morgan fingerprint density at radius 1 is 1.53 bits per heavy atom. The first kappa shape index (κ1) is 12.9. The van der Waals surface area contributed by atoms with Gasteiger partial charge in [0.15, 0.2) is 0 Å². The van der Waals surface area contributed by atoms with Gasteiger partial charge < -0.3 is 10.5 Å². The second-order valence-corrected chi connectivity index (χ2v) is 5.23. The molecule has 2 N–H and O–H groups in total. The van der Waals surface area contributed by atoms with E-state index in [0.717, 1.165) is 37.6 Å². The van der Waals surface area contributed by atoms with Crippen molar-refractivity contribution in [1.82, 2.24) is 0 Å². The van der Waals surface area contributed by atoms with Gasteiger partial charge in [0.2, 0.25) is 0 Å². The summed E-state index contributed by atoms with van der Waals surface area (Å²) >= 11 is 6.37. The molecule has 2 atom stereocenters. The van der Waals surface area contributed by atoms with Crippen molar-refractivity contribution >= 4 is 11.6 Å². The minimum atomic E-state index is 0.473. The number of nitrogens with two attached hydrogens (primary N) is 1. The highest BCUT2D eigenvalue weighted by Gasteiger charge is 2.20. The summed E-state index contributed by atoms with van der Waals surface area (Å²) in [5, 5.41) is 0.877. The monoisotopic (exact) mass is 253 g/mol. The van der Waals surface area contributed by atoms with Gasteiger partial charge in [-0.15, -0.1) is 0 Å². The number of rotatable bonds is 4. The number of hydrogen-bond acceptors (Lipinski definition) is 2. The molecule has 2 unspecified atom stereocenters. The fourth-order valence-corrected chi connectivity index (χ4v) is 2.72. The number of hydrogen-bond donors (Lipinski definition) is 1. The third kappa shape index (κ3) is 3.01. The Balaban J connectivity index is 2.16. The van der Waals surface area contributed by atoms with Gasteiger partial charge in [0.05, 0.1) is 6.61 Å². The molecule has 0 bridgehead atoms. The molecule has 1 fully saturated rings. The summed E-state index contributed by atoms with van der Waals surface area (Å²) in [4.78, 5) is 0.